The number of allylic oxidation sites excluding steroid dienone is 6. The van der Waals surface area contributed by atoms with Crippen LogP contribution >= 0.6 is 34.5 Å². The van der Waals surface area contributed by atoms with E-state index < -0.39 is 5.97 Å². The highest BCUT2D eigenvalue weighted by molar-refractivity contribution is 7.20. The summed E-state index contributed by atoms with van der Waals surface area (Å²) < 4.78 is 1.37. The zero-order valence-electron chi connectivity index (χ0n) is 11.9. The maximum absolute atomic E-state index is 10.4. The van der Waals surface area contributed by atoms with Crippen molar-refractivity contribution in [1.29, 1.82) is 0 Å². The van der Waals surface area contributed by atoms with E-state index in [1.807, 2.05) is 32.1 Å². The van der Waals surface area contributed by atoms with Gasteiger partial charge in [0.05, 0.1) is 10.3 Å². The second-order valence-corrected chi connectivity index (χ2v) is 6.72. The third-order valence-electron chi connectivity index (χ3n) is 2.67. The Kier molecular flexibility index (Phi) is 6.96. The fourth-order valence-corrected chi connectivity index (χ4v) is 3.15. The van der Waals surface area contributed by atoms with Gasteiger partial charge in [0.15, 0.2) is 0 Å². The van der Waals surface area contributed by atoms with Crippen LogP contribution in [0.2, 0.25) is 8.67 Å². The van der Waals surface area contributed by atoms with Crippen LogP contribution in [0.25, 0.3) is 6.08 Å². The van der Waals surface area contributed by atoms with Crippen molar-refractivity contribution in [3.05, 3.63) is 61.3 Å². The number of rotatable bonds is 5. The Morgan fingerprint density at radius 3 is 2.33 bits per heavy atom. The molecule has 0 spiro atoms. The van der Waals surface area contributed by atoms with Gasteiger partial charge in [-0.2, -0.15) is 0 Å². The number of carbonyl (C=O) groups is 1. The SMILES string of the molecule is CC(/C=C/c1c(Cl)sc(Cl)c1C)=C\C=C\C(C)=C\C(=O)[O-]. The summed E-state index contributed by atoms with van der Waals surface area (Å²) in [5.74, 6) is -1.20. The molecule has 1 rings (SSSR count). The van der Waals surface area contributed by atoms with E-state index >= 15 is 0 Å². The number of thiophene rings is 1. The number of hydrogen-bond donors (Lipinski definition) is 0. The van der Waals surface area contributed by atoms with Crippen LogP contribution in [0.1, 0.15) is 25.0 Å². The smallest absolute Gasteiger partial charge is 0.102 e. The molecule has 0 saturated carbocycles. The Hall–Kier alpha value is -1.29. The van der Waals surface area contributed by atoms with Gasteiger partial charge in [-0.1, -0.05) is 59.2 Å². The van der Waals surface area contributed by atoms with Crippen LogP contribution in [0.4, 0.5) is 0 Å². The average Bonchev–Trinajstić information content (AvgIpc) is 2.60. The lowest BCUT2D eigenvalue weighted by Gasteiger charge is -1.95. The first-order valence-corrected chi connectivity index (χ1v) is 7.75. The molecular formula is C16H15Cl2O2S-. The van der Waals surface area contributed by atoms with Gasteiger partial charge in [-0.05, 0) is 38.0 Å². The van der Waals surface area contributed by atoms with Gasteiger partial charge in [0, 0.05) is 5.56 Å². The van der Waals surface area contributed by atoms with Crippen molar-refractivity contribution >= 4 is 46.6 Å². The lowest BCUT2D eigenvalue weighted by molar-refractivity contribution is -0.297. The largest absolute Gasteiger partial charge is 0.545 e. The Morgan fingerprint density at radius 1 is 1.14 bits per heavy atom. The number of halogens is 2. The number of carboxylic acid groups (broad SMARTS) is 1. The minimum absolute atomic E-state index is 0.617. The van der Waals surface area contributed by atoms with E-state index in [0.29, 0.717) is 14.2 Å². The molecule has 1 aromatic heterocycles. The van der Waals surface area contributed by atoms with E-state index in [9.17, 15) is 9.90 Å². The molecule has 0 aliphatic rings. The summed E-state index contributed by atoms with van der Waals surface area (Å²) in [5.41, 5.74) is 3.52. The zero-order chi connectivity index (χ0) is 16.0. The molecule has 0 fully saturated rings. The predicted octanol–water partition coefficient (Wildman–Crippen LogP) is 4.58. The highest BCUT2D eigenvalue weighted by Gasteiger charge is 2.08. The number of carboxylic acids is 1. The lowest BCUT2D eigenvalue weighted by atomic mass is 10.1. The van der Waals surface area contributed by atoms with Gasteiger partial charge >= 0.3 is 0 Å². The fourth-order valence-electron chi connectivity index (χ4n) is 1.51. The van der Waals surface area contributed by atoms with E-state index in [1.54, 1.807) is 19.1 Å². The van der Waals surface area contributed by atoms with Crippen molar-refractivity contribution in [1.82, 2.24) is 0 Å². The highest BCUT2D eigenvalue weighted by atomic mass is 35.5. The molecule has 0 bridgehead atoms. The van der Waals surface area contributed by atoms with Gasteiger partial charge in [0.2, 0.25) is 0 Å². The minimum atomic E-state index is -1.20. The summed E-state index contributed by atoms with van der Waals surface area (Å²) in [6, 6.07) is 0. The van der Waals surface area contributed by atoms with Crippen LogP contribution in [0.15, 0.2) is 41.5 Å². The van der Waals surface area contributed by atoms with Crippen molar-refractivity contribution in [2.75, 3.05) is 0 Å². The molecule has 0 atom stereocenters. The third kappa shape index (κ3) is 5.92. The number of aliphatic carboxylic acids is 1. The molecule has 5 heteroatoms. The van der Waals surface area contributed by atoms with Crippen LogP contribution in [-0.2, 0) is 4.79 Å². The molecule has 1 heterocycles. The summed E-state index contributed by atoms with van der Waals surface area (Å²) >= 11 is 13.5. The van der Waals surface area contributed by atoms with Crippen LogP contribution < -0.4 is 5.11 Å². The van der Waals surface area contributed by atoms with E-state index in [4.69, 9.17) is 23.2 Å². The van der Waals surface area contributed by atoms with Crippen molar-refractivity contribution in [3.63, 3.8) is 0 Å². The monoisotopic (exact) mass is 341 g/mol. The summed E-state index contributed by atoms with van der Waals surface area (Å²) in [4.78, 5) is 10.4. The summed E-state index contributed by atoms with van der Waals surface area (Å²) in [7, 11) is 0. The van der Waals surface area contributed by atoms with Gasteiger partial charge in [0.25, 0.3) is 0 Å². The quantitative estimate of drug-likeness (QED) is 0.581. The first-order chi connectivity index (χ1) is 9.81. The van der Waals surface area contributed by atoms with Crippen molar-refractivity contribution in [2.45, 2.75) is 20.8 Å². The van der Waals surface area contributed by atoms with Crippen LogP contribution in [0.3, 0.4) is 0 Å². The molecule has 0 N–H and O–H groups in total. The maximum atomic E-state index is 10.4. The number of hydrogen-bond acceptors (Lipinski definition) is 3. The van der Waals surface area contributed by atoms with E-state index in [-0.39, 0.29) is 0 Å². The van der Waals surface area contributed by atoms with E-state index in [1.165, 1.54) is 11.3 Å². The predicted molar refractivity (Wildman–Crippen MR) is 89.8 cm³/mol. The van der Waals surface area contributed by atoms with E-state index in [0.717, 1.165) is 22.8 Å². The van der Waals surface area contributed by atoms with Crippen LogP contribution in [-0.4, -0.2) is 5.97 Å². The zero-order valence-corrected chi connectivity index (χ0v) is 14.3. The standard InChI is InChI=1S/C16H16Cl2O2S/c1-10(5-4-6-11(2)9-14(19)20)7-8-13-12(3)15(17)21-16(13)18/h4-9H,1-3H3,(H,19,20)/p-1/b6-4+,8-7+,10-5+,11-9+. The van der Waals surface area contributed by atoms with Crippen molar-refractivity contribution in [2.24, 2.45) is 0 Å². The first-order valence-electron chi connectivity index (χ1n) is 6.18. The van der Waals surface area contributed by atoms with Gasteiger partial charge in [-0.15, -0.1) is 11.3 Å². The summed E-state index contributed by atoms with van der Waals surface area (Å²) in [5, 5.41) is 10.4. The van der Waals surface area contributed by atoms with Gasteiger partial charge in [-0.3, -0.25) is 0 Å². The molecule has 0 aliphatic heterocycles. The Bertz CT molecular complexity index is 649. The van der Waals surface area contributed by atoms with Crippen molar-refractivity contribution < 1.29 is 9.90 Å². The first kappa shape index (κ1) is 17.8. The average molecular weight is 342 g/mol. The lowest BCUT2D eigenvalue weighted by Crippen LogP contribution is -2.19. The molecule has 2 nitrogen and oxygen atoms in total. The molecule has 0 unspecified atom stereocenters. The topological polar surface area (TPSA) is 40.1 Å². The normalized spacial score (nSPS) is 13.6. The summed E-state index contributed by atoms with van der Waals surface area (Å²) in [6.45, 7) is 5.56. The molecule has 112 valence electrons. The van der Waals surface area contributed by atoms with Gasteiger partial charge in [0.1, 0.15) is 4.34 Å². The Morgan fingerprint density at radius 2 is 1.81 bits per heavy atom. The van der Waals surface area contributed by atoms with Crippen LogP contribution in [0.5, 0.6) is 0 Å². The molecular weight excluding hydrogens is 327 g/mol. The van der Waals surface area contributed by atoms with Gasteiger partial charge in [-0.25, -0.2) is 0 Å². The second-order valence-electron chi connectivity index (χ2n) is 4.50. The third-order valence-corrected chi connectivity index (χ3v) is 4.50. The summed E-state index contributed by atoms with van der Waals surface area (Å²) in [6.07, 6.45) is 10.3. The van der Waals surface area contributed by atoms with Crippen LogP contribution in [0, 0.1) is 6.92 Å². The molecule has 0 aliphatic carbocycles. The van der Waals surface area contributed by atoms with Crippen molar-refractivity contribution in [3.8, 4) is 0 Å². The van der Waals surface area contributed by atoms with E-state index in [2.05, 4.69) is 0 Å². The molecule has 0 saturated heterocycles. The Balaban J connectivity index is 2.79. The minimum Gasteiger partial charge on any atom is -0.545 e. The number of carbonyl (C=O) groups excluding carboxylic acids is 1. The van der Waals surface area contributed by atoms with Gasteiger partial charge < -0.3 is 9.90 Å². The molecule has 0 aromatic carbocycles. The molecule has 0 radical (unpaired) electrons. The molecule has 21 heavy (non-hydrogen) atoms. The second kappa shape index (κ2) is 8.23. The maximum Gasteiger partial charge on any atom is 0.102 e. The molecule has 1 aromatic rings. The highest BCUT2D eigenvalue weighted by Crippen LogP contribution is 2.36. The fraction of sp³-hybridized carbons (Fsp3) is 0.188. The Labute approximate surface area is 138 Å². The molecule has 0 amide bonds.